The van der Waals surface area contributed by atoms with Gasteiger partial charge in [-0.15, -0.1) is 0 Å². The van der Waals surface area contributed by atoms with Crippen molar-refractivity contribution in [2.45, 2.75) is 12.5 Å². The molecule has 0 aliphatic carbocycles. The Bertz CT molecular complexity index is 629. The topological polar surface area (TPSA) is 96.0 Å². The lowest BCUT2D eigenvalue weighted by Gasteiger charge is -2.17. The van der Waals surface area contributed by atoms with Crippen molar-refractivity contribution in [2.24, 2.45) is 5.84 Å². The molecule has 0 aromatic heterocycles. The summed E-state index contributed by atoms with van der Waals surface area (Å²) in [6.07, 6.45) is 0.300. The summed E-state index contributed by atoms with van der Waals surface area (Å²) in [4.78, 5) is 11.1. The van der Waals surface area contributed by atoms with Crippen LogP contribution >= 0.6 is 22.9 Å². The number of ether oxygens (including phenoxy) is 1. The molecule has 0 radical (unpaired) electrons. The molecule has 116 valence electrons. The number of rotatable bonds is 6. The number of hydrazine groups is 1. The van der Waals surface area contributed by atoms with Crippen LogP contribution in [0.2, 0.25) is 0 Å². The maximum absolute atomic E-state index is 11.1. The Balaban J connectivity index is 2.03. The van der Waals surface area contributed by atoms with Crippen molar-refractivity contribution in [2.75, 3.05) is 0 Å². The summed E-state index contributed by atoms with van der Waals surface area (Å²) in [5.74, 6) is 5.96. The first-order valence-corrected chi connectivity index (χ1v) is 7.40. The summed E-state index contributed by atoms with van der Waals surface area (Å²) in [6.45, 7) is 0. The van der Waals surface area contributed by atoms with E-state index in [1.54, 1.807) is 59.3 Å². The van der Waals surface area contributed by atoms with Gasteiger partial charge in [-0.2, -0.15) is 3.22 Å². The molecule has 0 bridgehead atoms. The number of carboxylic acid groups (broad SMARTS) is 1. The summed E-state index contributed by atoms with van der Waals surface area (Å²) in [5.41, 5.74) is 0.845. The Morgan fingerprint density at radius 3 is 2.09 bits per heavy atom. The van der Waals surface area contributed by atoms with Crippen molar-refractivity contribution in [3.8, 4) is 17.2 Å². The lowest BCUT2D eigenvalue weighted by molar-refractivity contribution is -0.140. The number of nitrogens with two attached hydrogens (primary N) is 1. The van der Waals surface area contributed by atoms with Crippen molar-refractivity contribution in [3.05, 3.63) is 54.1 Å². The van der Waals surface area contributed by atoms with E-state index in [1.165, 1.54) is 12.1 Å². The molecule has 0 aliphatic rings. The van der Waals surface area contributed by atoms with Crippen LogP contribution in [0.15, 0.2) is 48.5 Å². The van der Waals surface area contributed by atoms with E-state index < -0.39 is 12.0 Å². The summed E-state index contributed by atoms with van der Waals surface area (Å²) in [5, 5.41) is 18.3. The van der Waals surface area contributed by atoms with E-state index >= 15 is 0 Å². The van der Waals surface area contributed by atoms with Gasteiger partial charge in [0.25, 0.3) is 0 Å². The average molecular weight is 414 g/mol. The van der Waals surface area contributed by atoms with Crippen molar-refractivity contribution >= 4 is 28.8 Å². The molecule has 0 fully saturated rings. The van der Waals surface area contributed by atoms with E-state index in [2.05, 4.69) is 0 Å². The molecule has 0 saturated carbocycles. The summed E-state index contributed by atoms with van der Waals surface area (Å²) < 4.78 is 6.78. The highest BCUT2D eigenvalue weighted by Crippen LogP contribution is 2.24. The number of phenolic OH excluding ortho intramolecular Hbond substituents is 1. The van der Waals surface area contributed by atoms with Gasteiger partial charge < -0.3 is 14.9 Å². The van der Waals surface area contributed by atoms with Crippen molar-refractivity contribution in [1.29, 1.82) is 0 Å². The maximum atomic E-state index is 11.1. The fourth-order valence-electron chi connectivity index (χ4n) is 1.85. The predicted octanol–water partition coefficient (Wildman–Crippen LogP) is 2.71. The van der Waals surface area contributed by atoms with E-state index in [-0.39, 0.29) is 5.75 Å². The lowest BCUT2D eigenvalue weighted by atomic mass is 10.1. The third-order valence-corrected chi connectivity index (χ3v) is 3.68. The number of nitrogens with zero attached hydrogens (tertiary/aromatic N) is 1. The van der Waals surface area contributed by atoms with Crippen LogP contribution in [0, 0.1) is 0 Å². The second-order valence-corrected chi connectivity index (χ2v) is 5.76. The van der Waals surface area contributed by atoms with Gasteiger partial charge in [-0.25, -0.2) is 0 Å². The van der Waals surface area contributed by atoms with Crippen LogP contribution in [0.3, 0.4) is 0 Å². The molecule has 2 rings (SSSR count). The molecular formula is C15H15IN2O4. The minimum atomic E-state index is -0.971. The van der Waals surface area contributed by atoms with Crippen molar-refractivity contribution < 1.29 is 19.7 Å². The maximum Gasteiger partial charge on any atom is 0.323 e. The number of hydrogen-bond donors (Lipinski definition) is 3. The zero-order chi connectivity index (χ0) is 16.1. The molecule has 0 aliphatic heterocycles. The average Bonchev–Trinajstić information content (AvgIpc) is 2.48. The van der Waals surface area contributed by atoms with Gasteiger partial charge in [0, 0.05) is 29.3 Å². The van der Waals surface area contributed by atoms with Gasteiger partial charge in [-0.1, -0.05) is 12.1 Å². The van der Waals surface area contributed by atoms with Crippen LogP contribution in [-0.4, -0.2) is 25.4 Å². The van der Waals surface area contributed by atoms with Crippen LogP contribution in [0.4, 0.5) is 0 Å². The smallest absolute Gasteiger partial charge is 0.323 e. The second-order valence-electron chi connectivity index (χ2n) is 4.64. The summed E-state index contributed by atoms with van der Waals surface area (Å²) in [7, 11) is 0. The Labute approximate surface area is 141 Å². The Morgan fingerprint density at radius 2 is 1.64 bits per heavy atom. The van der Waals surface area contributed by atoms with Crippen LogP contribution < -0.4 is 10.6 Å². The second kappa shape index (κ2) is 7.43. The minimum absolute atomic E-state index is 0.174. The number of carboxylic acids is 1. The van der Waals surface area contributed by atoms with Gasteiger partial charge in [0.05, 0.1) is 0 Å². The molecule has 7 heteroatoms. The molecule has 2 aromatic carbocycles. The van der Waals surface area contributed by atoms with Crippen LogP contribution in [0.25, 0.3) is 0 Å². The largest absolute Gasteiger partial charge is 0.508 e. The molecule has 2 aromatic rings. The van der Waals surface area contributed by atoms with E-state index in [9.17, 15) is 9.90 Å². The van der Waals surface area contributed by atoms with Gasteiger partial charge in [0.15, 0.2) is 0 Å². The zero-order valence-corrected chi connectivity index (χ0v) is 13.7. The Hall–Kier alpha value is -1.84. The molecule has 4 N–H and O–H groups in total. The number of phenols is 1. The van der Waals surface area contributed by atoms with Gasteiger partial charge in [-0.05, 0) is 42.0 Å². The Morgan fingerprint density at radius 1 is 1.14 bits per heavy atom. The predicted molar refractivity (Wildman–Crippen MR) is 89.8 cm³/mol. The minimum Gasteiger partial charge on any atom is -0.508 e. The SMILES string of the molecule is NN(I)C(Cc1ccc(Oc2ccc(O)cc2)cc1)C(=O)O. The van der Waals surface area contributed by atoms with E-state index in [4.69, 9.17) is 15.7 Å². The number of hydrogen-bond acceptors (Lipinski definition) is 5. The number of benzene rings is 2. The van der Waals surface area contributed by atoms with Crippen molar-refractivity contribution in [1.82, 2.24) is 3.22 Å². The number of halogens is 1. The molecule has 1 atom stereocenters. The monoisotopic (exact) mass is 414 g/mol. The summed E-state index contributed by atoms with van der Waals surface area (Å²) >= 11 is 1.76. The third-order valence-electron chi connectivity index (χ3n) is 3.01. The first-order chi connectivity index (χ1) is 10.5. The fourth-order valence-corrected chi connectivity index (χ4v) is 2.28. The molecule has 0 spiro atoms. The number of aliphatic carboxylic acids is 1. The van der Waals surface area contributed by atoms with Gasteiger partial charge in [0.2, 0.25) is 0 Å². The van der Waals surface area contributed by atoms with E-state index in [1.807, 2.05) is 0 Å². The molecule has 0 heterocycles. The molecular weight excluding hydrogens is 399 g/mol. The number of aromatic hydroxyl groups is 1. The van der Waals surface area contributed by atoms with Crippen molar-refractivity contribution in [3.63, 3.8) is 0 Å². The standard InChI is InChI=1S/C15H15IN2O4/c16-18(17)14(15(20)21)9-10-1-5-12(6-2-10)22-13-7-3-11(19)4-8-13/h1-8,14,19H,9,17H2,(H,20,21). The third kappa shape index (κ3) is 4.58. The quantitative estimate of drug-likeness (QED) is 0.291. The first-order valence-electron chi connectivity index (χ1n) is 6.44. The van der Waals surface area contributed by atoms with Gasteiger partial charge in [0.1, 0.15) is 23.3 Å². The first kappa shape index (κ1) is 16.5. The Kier molecular flexibility index (Phi) is 5.58. The van der Waals surface area contributed by atoms with E-state index in [0.717, 1.165) is 8.79 Å². The zero-order valence-electron chi connectivity index (χ0n) is 11.5. The molecule has 0 saturated heterocycles. The highest BCUT2D eigenvalue weighted by atomic mass is 127. The van der Waals surface area contributed by atoms with Gasteiger partial charge in [-0.3, -0.25) is 10.6 Å². The fraction of sp³-hybridized carbons (Fsp3) is 0.133. The van der Waals surface area contributed by atoms with E-state index in [0.29, 0.717) is 17.9 Å². The van der Waals surface area contributed by atoms with Crippen LogP contribution in [0.5, 0.6) is 17.2 Å². The van der Waals surface area contributed by atoms with Crippen LogP contribution in [0.1, 0.15) is 5.56 Å². The molecule has 1 unspecified atom stereocenters. The van der Waals surface area contributed by atoms with Crippen LogP contribution in [-0.2, 0) is 11.2 Å². The number of carbonyl (C=O) groups is 1. The highest BCUT2D eigenvalue weighted by Gasteiger charge is 2.22. The lowest BCUT2D eigenvalue weighted by Crippen LogP contribution is -2.40. The molecule has 0 amide bonds. The molecule has 22 heavy (non-hydrogen) atoms. The highest BCUT2D eigenvalue weighted by molar-refractivity contribution is 14.1. The normalized spacial score (nSPS) is 12.1. The molecule has 6 nitrogen and oxygen atoms in total. The summed E-state index contributed by atoms with van der Waals surface area (Å²) in [6, 6.07) is 12.7. The van der Waals surface area contributed by atoms with Gasteiger partial charge >= 0.3 is 5.97 Å².